The van der Waals surface area contributed by atoms with Crippen LogP contribution in [0.25, 0.3) is 11.3 Å². The average Bonchev–Trinajstić information content (AvgIpc) is 3.17. The summed E-state index contributed by atoms with van der Waals surface area (Å²) in [5.74, 6) is 1.59. The molecule has 3 aromatic rings. The first-order valence-electron chi connectivity index (χ1n) is 8.99. The van der Waals surface area contributed by atoms with Crippen LogP contribution in [-0.4, -0.2) is 37.8 Å². The highest BCUT2D eigenvalue weighted by atomic mass is 32.1. The maximum Gasteiger partial charge on any atom is 0.226 e. The van der Waals surface area contributed by atoms with Gasteiger partial charge in [0.2, 0.25) is 5.95 Å². The van der Waals surface area contributed by atoms with E-state index in [1.807, 2.05) is 23.2 Å². The van der Waals surface area contributed by atoms with E-state index in [2.05, 4.69) is 29.6 Å². The minimum Gasteiger partial charge on any atom is -0.340 e. The molecule has 1 aliphatic carbocycles. The Balaban J connectivity index is 1.42. The summed E-state index contributed by atoms with van der Waals surface area (Å²) in [6.45, 7) is 1.67. The zero-order valence-corrected chi connectivity index (χ0v) is 15.1. The predicted octanol–water partition coefficient (Wildman–Crippen LogP) is 3.65. The lowest BCUT2D eigenvalue weighted by atomic mass is 9.97. The summed E-state index contributed by atoms with van der Waals surface area (Å²) in [6, 6.07) is 2.46. The number of thiophene rings is 1. The average molecular weight is 370 g/mol. The Kier molecular flexibility index (Phi) is 3.92. The molecule has 1 saturated carbocycles. The van der Waals surface area contributed by atoms with E-state index in [9.17, 15) is 4.39 Å². The topological polar surface area (TPSA) is 59.7 Å². The van der Waals surface area contributed by atoms with E-state index in [-0.39, 0.29) is 5.82 Å². The summed E-state index contributed by atoms with van der Waals surface area (Å²) >= 11 is 1.53. The molecule has 3 aromatic heterocycles. The van der Waals surface area contributed by atoms with Crippen molar-refractivity contribution in [1.29, 1.82) is 0 Å². The smallest absolute Gasteiger partial charge is 0.226 e. The van der Waals surface area contributed by atoms with Crippen LogP contribution < -0.4 is 4.90 Å². The van der Waals surface area contributed by atoms with Crippen LogP contribution in [-0.2, 0) is 0 Å². The molecule has 134 valence electrons. The molecule has 8 heteroatoms. The molecule has 0 aromatic carbocycles. The summed E-state index contributed by atoms with van der Waals surface area (Å²) in [5.41, 5.74) is 1.18. The van der Waals surface area contributed by atoms with Crippen LogP contribution in [0.2, 0.25) is 0 Å². The van der Waals surface area contributed by atoms with Crippen molar-refractivity contribution >= 4 is 17.3 Å². The van der Waals surface area contributed by atoms with Gasteiger partial charge in [-0.1, -0.05) is 0 Å². The first-order valence-corrected chi connectivity index (χ1v) is 9.93. The van der Waals surface area contributed by atoms with Crippen LogP contribution >= 0.6 is 11.3 Å². The van der Waals surface area contributed by atoms with Crippen molar-refractivity contribution in [3.8, 4) is 11.3 Å². The second-order valence-corrected chi connectivity index (χ2v) is 7.77. The van der Waals surface area contributed by atoms with Crippen molar-refractivity contribution in [3.63, 3.8) is 0 Å². The first-order chi connectivity index (χ1) is 12.8. The molecule has 4 heterocycles. The molecule has 5 rings (SSSR count). The molecule has 2 aliphatic rings. The standard InChI is InChI=1S/C18H19FN6S/c19-15-8-20-18(22-16(15)13-5-7-26-10-13)24-6-1-2-12(9-24)17-23-21-11-25(17)14-3-4-14/h5,7-8,10-12,14H,1-4,6,9H2. The summed E-state index contributed by atoms with van der Waals surface area (Å²) in [5, 5.41) is 12.4. The van der Waals surface area contributed by atoms with Gasteiger partial charge in [-0.25, -0.2) is 14.4 Å². The maximum absolute atomic E-state index is 14.2. The van der Waals surface area contributed by atoms with E-state index in [1.54, 1.807) is 0 Å². The lowest BCUT2D eigenvalue weighted by Gasteiger charge is -2.32. The quantitative estimate of drug-likeness (QED) is 0.701. The van der Waals surface area contributed by atoms with Crippen LogP contribution in [0.5, 0.6) is 0 Å². The zero-order valence-electron chi connectivity index (χ0n) is 14.3. The van der Waals surface area contributed by atoms with E-state index < -0.39 is 0 Å². The molecule has 0 bridgehead atoms. The molecule has 0 radical (unpaired) electrons. The minimum atomic E-state index is -0.380. The van der Waals surface area contributed by atoms with Gasteiger partial charge in [-0.3, -0.25) is 0 Å². The summed E-state index contributed by atoms with van der Waals surface area (Å²) in [4.78, 5) is 10.9. The van der Waals surface area contributed by atoms with Gasteiger partial charge in [0.05, 0.1) is 6.20 Å². The van der Waals surface area contributed by atoms with Gasteiger partial charge in [0.15, 0.2) is 5.82 Å². The van der Waals surface area contributed by atoms with Crippen molar-refractivity contribution < 1.29 is 4.39 Å². The molecular weight excluding hydrogens is 351 g/mol. The van der Waals surface area contributed by atoms with Crippen LogP contribution in [0.15, 0.2) is 29.4 Å². The van der Waals surface area contributed by atoms with E-state index in [4.69, 9.17) is 0 Å². The number of hydrogen-bond acceptors (Lipinski definition) is 6. The van der Waals surface area contributed by atoms with Gasteiger partial charge >= 0.3 is 0 Å². The Morgan fingerprint density at radius 1 is 1.23 bits per heavy atom. The van der Waals surface area contributed by atoms with Crippen LogP contribution in [0, 0.1) is 5.82 Å². The third-order valence-electron chi connectivity index (χ3n) is 5.14. The Bertz CT molecular complexity index is 904. The molecule has 1 saturated heterocycles. The highest BCUT2D eigenvalue weighted by Crippen LogP contribution is 2.38. The van der Waals surface area contributed by atoms with Crippen molar-refractivity contribution in [2.45, 2.75) is 37.6 Å². The fraction of sp³-hybridized carbons (Fsp3) is 0.444. The van der Waals surface area contributed by atoms with Crippen LogP contribution in [0.4, 0.5) is 10.3 Å². The van der Waals surface area contributed by atoms with E-state index in [1.165, 1.54) is 30.4 Å². The van der Waals surface area contributed by atoms with Crippen molar-refractivity contribution in [1.82, 2.24) is 24.7 Å². The first kappa shape index (κ1) is 15.9. The fourth-order valence-electron chi connectivity index (χ4n) is 3.66. The molecule has 26 heavy (non-hydrogen) atoms. The lowest BCUT2D eigenvalue weighted by Crippen LogP contribution is -2.36. The molecule has 6 nitrogen and oxygen atoms in total. The number of rotatable bonds is 4. The summed E-state index contributed by atoms with van der Waals surface area (Å²) in [7, 11) is 0. The third kappa shape index (κ3) is 2.88. The second kappa shape index (κ2) is 6.42. The van der Waals surface area contributed by atoms with E-state index >= 15 is 0 Å². The predicted molar refractivity (Wildman–Crippen MR) is 97.8 cm³/mol. The van der Waals surface area contributed by atoms with Crippen LogP contribution in [0.3, 0.4) is 0 Å². The number of piperidine rings is 1. The van der Waals surface area contributed by atoms with Crippen molar-refractivity contribution in [2.75, 3.05) is 18.0 Å². The summed E-state index contributed by atoms with van der Waals surface area (Å²) < 4.78 is 16.4. The second-order valence-electron chi connectivity index (χ2n) is 6.99. The summed E-state index contributed by atoms with van der Waals surface area (Å²) in [6.07, 6.45) is 7.69. The normalized spacial score (nSPS) is 20.5. The number of aromatic nitrogens is 5. The SMILES string of the molecule is Fc1cnc(N2CCCC(c3nncn3C3CC3)C2)nc1-c1ccsc1. The number of anilines is 1. The Hall–Kier alpha value is -2.35. The Morgan fingerprint density at radius 2 is 2.15 bits per heavy atom. The third-order valence-corrected chi connectivity index (χ3v) is 5.82. The number of hydrogen-bond donors (Lipinski definition) is 0. The molecule has 2 fully saturated rings. The van der Waals surface area contributed by atoms with Crippen molar-refractivity contribution in [2.24, 2.45) is 0 Å². The monoisotopic (exact) mass is 370 g/mol. The van der Waals surface area contributed by atoms with Gasteiger partial charge in [0, 0.05) is 36.0 Å². The maximum atomic E-state index is 14.2. The van der Waals surface area contributed by atoms with Gasteiger partial charge in [0.1, 0.15) is 17.8 Å². The molecule has 0 N–H and O–H groups in total. The number of halogens is 1. The highest BCUT2D eigenvalue weighted by molar-refractivity contribution is 7.08. The molecule has 1 unspecified atom stereocenters. The van der Waals surface area contributed by atoms with Gasteiger partial charge in [-0.2, -0.15) is 11.3 Å². The van der Waals surface area contributed by atoms with Gasteiger partial charge in [-0.05, 0) is 37.1 Å². The molecule has 1 atom stereocenters. The molecular formula is C18H19FN6S. The Labute approximate surface area is 154 Å². The van der Waals surface area contributed by atoms with Gasteiger partial charge in [0.25, 0.3) is 0 Å². The minimum absolute atomic E-state index is 0.310. The molecule has 0 spiro atoms. The highest BCUT2D eigenvalue weighted by Gasteiger charge is 2.32. The largest absolute Gasteiger partial charge is 0.340 e. The Morgan fingerprint density at radius 3 is 2.96 bits per heavy atom. The van der Waals surface area contributed by atoms with Crippen molar-refractivity contribution in [3.05, 3.63) is 41.0 Å². The fourth-order valence-corrected chi connectivity index (χ4v) is 4.30. The van der Waals surface area contributed by atoms with E-state index in [0.29, 0.717) is 23.6 Å². The zero-order chi connectivity index (χ0) is 17.5. The van der Waals surface area contributed by atoms with Gasteiger partial charge in [-0.15, -0.1) is 10.2 Å². The van der Waals surface area contributed by atoms with E-state index in [0.717, 1.165) is 37.3 Å². The van der Waals surface area contributed by atoms with Gasteiger partial charge < -0.3 is 9.47 Å². The molecule has 0 amide bonds. The van der Waals surface area contributed by atoms with Crippen LogP contribution in [0.1, 0.15) is 43.5 Å². The number of nitrogens with zero attached hydrogens (tertiary/aromatic N) is 6. The molecule has 1 aliphatic heterocycles. The lowest BCUT2D eigenvalue weighted by molar-refractivity contribution is 0.466.